The Labute approximate surface area is 360 Å². The zero-order valence-corrected chi connectivity index (χ0v) is 37.6. The van der Waals surface area contributed by atoms with E-state index in [0.717, 1.165) is 116 Å². The minimum atomic E-state index is -1.63. The Morgan fingerprint density at radius 2 is 0.800 bits per heavy atom. The van der Waals surface area contributed by atoms with Gasteiger partial charge in [0, 0.05) is 0 Å². The maximum absolute atomic E-state index is 13.6. The average Bonchev–Trinajstić information content (AvgIpc) is 3.20. The van der Waals surface area contributed by atoms with Gasteiger partial charge in [0.1, 0.15) is 42.7 Å². The summed E-state index contributed by atoms with van der Waals surface area (Å²) in [7, 11) is 0. The van der Waals surface area contributed by atoms with Crippen LogP contribution in [0.2, 0.25) is 0 Å². The number of hydrogen-bond donors (Lipinski definition) is 5. The van der Waals surface area contributed by atoms with Crippen LogP contribution in [0.4, 0.5) is 0 Å². The first-order valence-electron chi connectivity index (χ1n) is 23.6. The van der Waals surface area contributed by atoms with Gasteiger partial charge in [-0.1, -0.05) is 137 Å². The van der Waals surface area contributed by atoms with E-state index >= 15 is 0 Å². The Kier molecular flexibility index (Phi) is 32.6. The molecule has 0 aromatic heterocycles. The van der Waals surface area contributed by atoms with E-state index < -0.39 is 85.6 Å². The van der Waals surface area contributed by atoms with Gasteiger partial charge in [-0.15, -0.1) is 0 Å². The molecule has 1 aliphatic heterocycles. The van der Waals surface area contributed by atoms with Crippen LogP contribution < -0.4 is 0 Å². The van der Waals surface area contributed by atoms with E-state index in [-0.39, 0.29) is 25.7 Å². The van der Waals surface area contributed by atoms with Crippen molar-refractivity contribution in [3.05, 3.63) is 0 Å². The molecule has 0 aromatic carbocycles. The second-order valence-electron chi connectivity index (χ2n) is 16.8. The average molecular weight is 861 g/mol. The van der Waals surface area contributed by atoms with Crippen LogP contribution in [-0.4, -0.2) is 111 Å². The predicted octanol–water partition coefficient (Wildman–Crippen LogP) is 7.99. The molecule has 0 bridgehead atoms. The first-order valence-corrected chi connectivity index (χ1v) is 23.6. The largest absolute Gasteiger partial charge is 0.481 e. The molecule has 0 radical (unpaired) electrons. The van der Waals surface area contributed by atoms with Gasteiger partial charge < -0.3 is 49.2 Å². The number of unbranched alkanes of at least 4 members (excludes halogenated alkanes) is 16. The second kappa shape index (κ2) is 35.1. The Bertz CT molecular complexity index is 1120. The van der Waals surface area contributed by atoms with Crippen LogP contribution in [0.5, 0.6) is 0 Å². The fourth-order valence-electron chi connectivity index (χ4n) is 7.55. The summed E-state index contributed by atoms with van der Waals surface area (Å²) in [4.78, 5) is 51.9. The highest BCUT2D eigenvalue weighted by Crippen LogP contribution is 2.26. The number of ether oxygens (including phenoxy) is 5. The van der Waals surface area contributed by atoms with Gasteiger partial charge in [0.15, 0.2) is 6.29 Å². The Hall–Kier alpha value is -2.36. The third-order valence-electron chi connectivity index (χ3n) is 11.2. The molecule has 1 saturated heterocycles. The van der Waals surface area contributed by atoms with Crippen LogP contribution in [0, 0.1) is 0 Å². The molecule has 1 fully saturated rings. The lowest BCUT2D eigenvalue weighted by Gasteiger charge is -2.40. The summed E-state index contributed by atoms with van der Waals surface area (Å²) in [5.41, 5.74) is 0. The van der Waals surface area contributed by atoms with Crippen LogP contribution in [0.3, 0.4) is 0 Å². The maximum atomic E-state index is 13.6. The van der Waals surface area contributed by atoms with Gasteiger partial charge in [-0.05, 0) is 44.9 Å². The number of esters is 3. The minimum absolute atomic E-state index is 0.206. The lowest BCUT2D eigenvalue weighted by Crippen LogP contribution is -2.59. The van der Waals surface area contributed by atoms with Crippen molar-refractivity contribution in [2.45, 2.75) is 263 Å². The van der Waals surface area contributed by atoms with E-state index in [4.69, 9.17) is 23.7 Å². The van der Waals surface area contributed by atoms with E-state index in [1.165, 1.54) is 0 Å². The quantitative estimate of drug-likeness (QED) is 0.0226. The molecule has 0 spiro atoms. The van der Waals surface area contributed by atoms with Gasteiger partial charge in [0.2, 0.25) is 0 Å². The van der Waals surface area contributed by atoms with Crippen molar-refractivity contribution in [2.75, 3.05) is 6.61 Å². The Balaban J connectivity index is 3.10. The van der Waals surface area contributed by atoms with Crippen molar-refractivity contribution in [2.24, 2.45) is 0 Å². The van der Waals surface area contributed by atoms with Crippen LogP contribution in [0.15, 0.2) is 0 Å². The zero-order valence-electron chi connectivity index (χ0n) is 37.6. The molecule has 4 unspecified atom stereocenters. The summed E-state index contributed by atoms with van der Waals surface area (Å²) >= 11 is 0. The highest BCUT2D eigenvalue weighted by molar-refractivity contribution is 5.74. The molecule has 1 rings (SSSR count). The molecule has 1 heterocycles. The number of hydrogen-bond acceptors (Lipinski definition) is 13. The highest BCUT2D eigenvalue weighted by atomic mass is 16.7. The summed E-state index contributed by atoms with van der Waals surface area (Å²) in [5, 5.41) is 50.4. The Morgan fingerprint density at radius 3 is 1.15 bits per heavy atom. The number of aliphatic hydroxyl groups is 4. The molecule has 5 N–H and O–H groups in total. The molecule has 14 nitrogen and oxygen atoms in total. The molecule has 60 heavy (non-hydrogen) atoms. The molecule has 1 aliphatic rings. The van der Waals surface area contributed by atoms with Gasteiger partial charge in [0.25, 0.3) is 0 Å². The highest BCUT2D eigenvalue weighted by Gasteiger charge is 2.45. The number of carbonyl (C=O) groups excluding carboxylic acids is 3. The van der Waals surface area contributed by atoms with Crippen molar-refractivity contribution in [3.8, 4) is 0 Å². The fraction of sp³-hybridized carbons (Fsp3) is 0.913. The zero-order chi connectivity index (χ0) is 44.5. The van der Waals surface area contributed by atoms with Gasteiger partial charge in [-0.3, -0.25) is 19.2 Å². The van der Waals surface area contributed by atoms with E-state index in [2.05, 4.69) is 27.7 Å². The van der Waals surface area contributed by atoms with Crippen LogP contribution in [0.1, 0.15) is 207 Å². The molecule has 0 aliphatic carbocycles. The summed E-state index contributed by atoms with van der Waals surface area (Å²) in [6.45, 7) is 7.84. The molecule has 0 amide bonds. The molecular weight excluding hydrogens is 776 g/mol. The first-order chi connectivity index (χ1) is 28.9. The third-order valence-corrected chi connectivity index (χ3v) is 11.2. The molecule has 14 heteroatoms. The van der Waals surface area contributed by atoms with Crippen molar-refractivity contribution >= 4 is 23.9 Å². The number of carboxylic acids is 1. The SMILES string of the molecule is CCCCCCCC(CC(=O)O)OC(=O)CC(CCCCCCC)OC(=O)CC(CCCCCCC)OC(=O)CC(CCCCCCC)O[C@@H]1O[C@H](CO)[C@@H](O)[C@H](O)[C@H]1O. The predicted molar refractivity (Wildman–Crippen MR) is 228 cm³/mol. The first kappa shape index (κ1) is 55.7. The van der Waals surface area contributed by atoms with Crippen LogP contribution >= 0.6 is 0 Å². The molecule has 9 atom stereocenters. The van der Waals surface area contributed by atoms with Gasteiger partial charge >= 0.3 is 23.9 Å². The number of carbonyl (C=O) groups is 4. The molecule has 0 aromatic rings. The summed E-state index contributed by atoms with van der Waals surface area (Å²) in [5.74, 6) is -2.90. The van der Waals surface area contributed by atoms with Gasteiger partial charge in [-0.2, -0.15) is 0 Å². The summed E-state index contributed by atoms with van der Waals surface area (Å²) < 4.78 is 29.1. The van der Waals surface area contributed by atoms with Gasteiger partial charge in [-0.25, -0.2) is 0 Å². The smallest absolute Gasteiger partial charge is 0.309 e. The monoisotopic (exact) mass is 861 g/mol. The molecule has 0 saturated carbocycles. The Morgan fingerprint density at radius 1 is 0.467 bits per heavy atom. The normalized spacial score (nSPS) is 21.2. The van der Waals surface area contributed by atoms with Gasteiger partial charge in [0.05, 0.1) is 38.4 Å². The number of aliphatic carboxylic acids is 1. The van der Waals surface area contributed by atoms with E-state index in [1.54, 1.807) is 0 Å². The van der Waals surface area contributed by atoms with Crippen molar-refractivity contribution in [1.82, 2.24) is 0 Å². The number of aliphatic hydroxyl groups excluding tert-OH is 4. The third kappa shape index (κ3) is 26.2. The minimum Gasteiger partial charge on any atom is -0.481 e. The van der Waals surface area contributed by atoms with E-state index in [1.807, 2.05) is 0 Å². The number of rotatable bonds is 38. The van der Waals surface area contributed by atoms with E-state index in [0.29, 0.717) is 38.5 Å². The van der Waals surface area contributed by atoms with E-state index in [9.17, 15) is 44.7 Å². The van der Waals surface area contributed by atoms with Crippen LogP contribution in [0.25, 0.3) is 0 Å². The lowest BCUT2D eigenvalue weighted by molar-refractivity contribution is -0.312. The lowest BCUT2D eigenvalue weighted by atomic mass is 9.99. The number of carboxylic acid groups (broad SMARTS) is 1. The fourth-order valence-corrected chi connectivity index (χ4v) is 7.55. The van der Waals surface area contributed by atoms with Crippen LogP contribution in [-0.2, 0) is 42.9 Å². The summed E-state index contributed by atoms with van der Waals surface area (Å²) in [6, 6.07) is 0. The topological polar surface area (TPSA) is 216 Å². The second-order valence-corrected chi connectivity index (χ2v) is 16.8. The van der Waals surface area contributed by atoms with Crippen molar-refractivity contribution in [1.29, 1.82) is 0 Å². The van der Waals surface area contributed by atoms with Crippen molar-refractivity contribution in [3.63, 3.8) is 0 Å². The standard InChI is InChI=1S/C46H84O14/c1-5-9-13-17-21-25-34(29-39(48)49)56-40(50)30-35(26-22-18-14-10-6-2)57-41(51)31-36(27-23-19-15-11-7-3)58-42(52)32-37(28-24-20-16-12-8-4)59-46-45(55)44(54)43(53)38(33-47)60-46/h34-38,43-47,53-55H,5-33H2,1-4H3,(H,48,49)/t34?,35?,36?,37?,38-,43-,44+,45-,46-/m1/s1. The van der Waals surface area contributed by atoms with Crippen molar-refractivity contribution < 1.29 is 68.4 Å². The molecule has 352 valence electrons. The maximum Gasteiger partial charge on any atom is 0.309 e. The molecular formula is C46H84O14. The summed E-state index contributed by atoms with van der Waals surface area (Å²) in [6.07, 6.45) is 9.29.